The fourth-order valence-corrected chi connectivity index (χ4v) is 2.68. The zero-order chi connectivity index (χ0) is 19.1. The Morgan fingerprint density at radius 2 is 2.26 bits per heavy atom. The molecule has 1 fully saturated rings. The van der Waals surface area contributed by atoms with Crippen LogP contribution < -0.4 is 20.7 Å². The maximum Gasteiger partial charge on any atom is 0.325 e. The number of urea groups is 1. The Bertz CT molecular complexity index is 764. The van der Waals surface area contributed by atoms with Crippen LogP contribution in [0.3, 0.4) is 0 Å². The Morgan fingerprint density at radius 3 is 3.07 bits per heavy atom. The van der Waals surface area contributed by atoms with Crippen molar-refractivity contribution in [2.75, 3.05) is 36.9 Å². The molecule has 1 aromatic carbocycles. The van der Waals surface area contributed by atoms with Crippen LogP contribution in [0.5, 0.6) is 5.75 Å². The number of halogens is 1. The summed E-state index contributed by atoms with van der Waals surface area (Å²) in [6, 6.07) is 4.59. The number of carbonyl (C=O) groups is 1. The van der Waals surface area contributed by atoms with Gasteiger partial charge in [0, 0.05) is 18.2 Å². The van der Waals surface area contributed by atoms with Crippen LogP contribution in [0.15, 0.2) is 30.6 Å². The normalized spacial score (nSPS) is 17.0. The quantitative estimate of drug-likeness (QED) is 0.725. The number of rotatable bonds is 5. The molecule has 3 rings (SSSR count). The number of ether oxygens (including phenoxy) is 2. The van der Waals surface area contributed by atoms with Crippen LogP contribution in [-0.2, 0) is 4.74 Å². The van der Waals surface area contributed by atoms with E-state index in [1.54, 1.807) is 24.4 Å². The molecule has 0 bridgehead atoms. The first-order chi connectivity index (χ1) is 13.1. The summed E-state index contributed by atoms with van der Waals surface area (Å²) in [5.41, 5.74) is 1.23. The van der Waals surface area contributed by atoms with Gasteiger partial charge in [0.05, 0.1) is 23.8 Å². The topological polar surface area (TPSA) is 97.4 Å². The van der Waals surface area contributed by atoms with E-state index in [2.05, 4.69) is 25.9 Å². The first kappa shape index (κ1) is 19.3. The molecule has 9 heteroatoms. The van der Waals surface area contributed by atoms with Gasteiger partial charge in [-0.15, -0.1) is 0 Å². The van der Waals surface area contributed by atoms with Crippen molar-refractivity contribution in [1.29, 1.82) is 0 Å². The third-order valence-corrected chi connectivity index (χ3v) is 4.10. The number of hydrogen-bond acceptors (Lipinski definition) is 6. The molecule has 2 heterocycles. The number of aromatic nitrogens is 2. The minimum atomic E-state index is -0.465. The zero-order valence-electron chi connectivity index (χ0n) is 15.0. The van der Waals surface area contributed by atoms with Crippen molar-refractivity contribution >= 4 is 29.1 Å². The van der Waals surface area contributed by atoms with Gasteiger partial charge >= 0.3 is 6.03 Å². The first-order valence-corrected chi connectivity index (χ1v) is 9.09. The Kier molecular flexibility index (Phi) is 6.80. The molecule has 27 heavy (non-hydrogen) atoms. The highest BCUT2D eigenvalue weighted by molar-refractivity contribution is 6.31. The summed E-state index contributed by atoms with van der Waals surface area (Å²) < 4.78 is 11.6. The highest BCUT2D eigenvalue weighted by Crippen LogP contribution is 2.28. The molecule has 0 radical (unpaired) electrons. The van der Waals surface area contributed by atoms with Crippen LogP contribution in [0.1, 0.15) is 12.1 Å². The largest absolute Gasteiger partial charge is 0.489 e. The Labute approximate surface area is 162 Å². The molecule has 0 aliphatic carbocycles. The van der Waals surface area contributed by atoms with Gasteiger partial charge in [-0.25, -0.2) is 9.78 Å². The predicted molar refractivity (Wildman–Crippen MR) is 104 cm³/mol. The number of nitrogens with zero attached hydrogens (tertiary/aromatic N) is 2. The van der Waals surface area contributed by atoms with Gasteiger partial charge in [0.2, 0.25) is 0 Å². The average molecular weight is 392 g/mol. The van der Waals surface area contributed by atoms with Crippen molar-refractivity contribution in [1.82, 2.24) is 15.3 Å². The third kappa shape index (κ3) is 6.06. The lowest BCUT2D eigenvalue weighted by Crippen LogP contribution is -2.31. The van der Waals surface area contributed by atoms with Crippen molar-refractivity contribution in [2.45, 2.75) is 19.4 Å². The Hall–Kier alpha value is -2.42. The Balaban J connectivity index is 1.62. The fraction of sp³-hybridized carbons (Fsp3) is 0.389. The predicted octanol–water partition coefficient (Wildman–Crippen LogP) is 2.84. The first-order valence-electron chi connectivity index (χ1n) is 8.71. The second kappa shape index (κ2) is 9.50. The molecule has 1 aliphatic heterocycles. The molecule has 8 nitrogen and oxygen atoms in total. The minimum absolute atomic E-state index is 0.0484. The number of amides is 2. The van der Waals surface area contributed by atoms with Gasteiger partial charge < -0.3 is 20.1 Å². The van der Waals surface area contributed by atoms with E-state index >= 15 is 0 Å². The molecule has 1 atom stereocenters. The van der Waals surface area contributed by atoms with E-state index in [-0.39, 0.29) is 6.10 Å². The van der Waals surface area contributed by atoms with Crippen molar-refractivity contribution in [2.24, 2.45) is 0 Å². The highest BCUT2D eigenvalue weighted by atomic mass is 35.5. The molecule has 1 aromatic heterocycles. The fourth-order valence-electron chi connectivity index (χ4n) is 2.51. The summed E-state index contributed by atoms with van der Waals surface area (Å²) in [4.78, 5) is 20.4. The zero-order valence-corrected chi connectivity index (χ0v) is 15.8. The van der Waals surface area contributed by atoms with E-state index in [1.807, 2.05) is 6.92 Å². The van der Waals surface area contributed by atoms with Gasteiger partial charge in [0.1, 0.15) is 18.5 Å². The van der Waals surface area contributed by atoms with E-state index in [0.29, 0.717) is 35.5 Å². The van der Waals surface area contributed by atoms with Gasteiger partial charge in [-0.2, -0.15) is 0 Å². The van der Waals surface area contributed by atoms with Crippen molar-refractivity contribution < 1.29 is 14.3 Å². The maximum absolute atomic E-state index is 12.3. The number of anilines is 2. The van der Waals surface area contributed by atoms with Gasteiger partial charge in [-0.3, -0.25) is 10.3 Å². The Morgan fingerprint density at radius 1 is 1.37 bits per heavy atom. The van der Waals surface area contributed by atoms with Gasteiger partial charge in [-0.1, -0.05) is 11.6 Å². The smallest absolute Gasteiger partial charge is 0.325 e. The molecular formula is C18H22ClN5O3. The second-order valence-electron chi connectivity index (χ2n) is 6.12. The van der Waals surface area contributed by atoms with Gasteiger partial charge in [0.15, 0.2) is 5.82 Å². The lowest BCUT2D eigenvalue weighted by atomic mass is 10.3. The van der Waals surface area contributed by atoms with E-state index in [9.17, 15) is 4.79 Å². The molecule has 0 spiro atoms. The molecule has 3 N–H and O–H groups in total. The maximum atomic E-state index is 12.3. The number of benzene rings is 1. The van der Waals surface area contributed by atoms with Crippen molar-refractivity contribution in [3.8, 4) is 5.75 Å². The van der Waals surface area contributed by atoms with Gasteiger partial charge in [-0.05, 0) is 38.1 Å². The van der Waals surface area contributed by atoms with Crippen LogP contribution in [0.25, 0.3) is 0 Å². The number of aryl methyl sites for hydroxylation is 1. The number of hydrogen-bond donors (Lipinski definition) is 3. The second-order valence-corrected chi connectivity index (χ2v) is 6.56. The summed E-state index contributed by atoms with van der Waals surface area (Å²) in [5, 5.41) is 9.14. The lowest BCUT2D eigenvalue weighted by Gasteiger charge is -2.18. The van der Waals surface area contributed by atoms with E-state index < -0.39 is 6.03 Å². The van der Waals surface area contributed by atoms with Crippen LogP contribution in [-0.4, -0.2) is 48.4 Å². The standard InChI is InChI=1S/C18H22ClN5O3/c1-12-8-22-17(10-21-12)24-18(25)23-15-7-13(19)3-4-16(15)27-11-14-9-20-5-2-6-26-14/h3-4,7-8,10,14,20H,2,5-6,9,11H2,1H3,(H2,22,23,24,25)/t14-/m1/s1. The molecule has 1 aliphatic rings. The summed E-state index contributed by atoms with van der Waals surface area (Å²) in [7, 11) is 0. The third-order valence-electron chi connectivity index (χ3n) is 3.86. The molecule has 2 aromatic rings. The molecule has 1 saturated heterocycles. The van der Waals surface area contributed by atoms with E-state index in [1.165, 1.54) is 6.20 Å². The number of carbonyl (C=O) groups excluding carboxylic acids is 1. The summed E-state index contributed by atoms with van der Waals surface area (Å²) in [5.74, 6) is 0.859. The van der Waals surface area contributed by atoms with Crippen molar-refractivity contribution in [3.63, 3.8) is 0 Å². The van der Waals surface area contributed by atoms with Crippen LogP contribution in [0.2, 0.25) is 5.02 Å². The molecule has 144 valence electrons. The molecule has 2 amide bonds. The van der Waals surface area contributed by atoms with Crippen LogP contribution in [0.4, 0.5) is 16.3 Å². The molecule has 0 unspecified atom stereocenters. The highest BCUT2D eigenvalue weighted by Gasteiger charge is 2.15. The van der Waals surface area contributed by atoms with Crippen LogP contribution in [0, 0.1) is 6.92 Å². The average Bonchev–Trinajstić information content (AvgIpc) is 2.92. The van der Waals surface area contributed by atoms with Crippen molar-refractivity contribution in [3.05, 3.63) is 41.3 Å². The summed E-state index contributed by atoms with van der Waals surface area (Å²) in [6.45, 7) is 4.55. The van der Waals surface area contributed by atoms with Crippen LogP contribution >= 0.6 is 11.6 Å². The monoisotopic (exact) mass is 391 g/mol. The van der Waals surface area contributed by atoms with E-state index in [0.717, 1.165) is 25.2 Å². The minimum Gasteiger partial charge on any atom is -0.489 e. The summed E-state index contributed by atoms with van der Waals surface area (Å²) >= 11 is 6.06. The molecular weight excluding hydrogens is 370 g/mol. The summed E-state index contributed by atoms with van der Waals surface area (Å²) in [6.07, 6.45) is 3.99. The SMILES string of the molecule is Cc1cnc(NC(=O)Nc2cc(Cl)ccc2OC[C@H]2CNCCCO2)cn1. The number of nitrogens with one attached hydrogen (secondary N) is 3. The van der Waals surface area contributed by atoms with Gasteiger partial charge in [0.25, 0.3) is 0 Å². The van der Waals surface area contributed by atoms with E-state index in [4.69, 9.17) is 21.1 Å². The molecule has 0 saturated carbocycles. The lowest BCUT2D eigenvalue weighted by molar-refractivity contribution is 0.0326.